The van der Waals surface area contributed by atoms with Crippen LogP contribution in [0.3, 0.4) is 0 Å². The molecule has 2 amide bonds. The van der Waals surface area contributed by atoms with Crippen LogP contribution in [0.4, 0.5) is 0 Å². The van der Waals surface area contributed by atoms with Gasteiger partial charge in [0.2, 0.25) is 11.8 Å². The molecule has 0 bridgehead atoms. The Balaban J connectivity index is 4.96. The van der Waals surface area contributed by atoms with Crippen molar-refractivity contribution < 1.29 is 19.5 Å². The number of carbonyl (C=O) groups excluding carboxylic acids is 2. The molecule has 0 aromatic carbocycles. The van der Waals surface area contributed by atoms with Gasteiger partial charge < -0.3 is 44.4 Å². The summed E-state index contributed by atoms with van der Waals surface area (Å²) in [5.41, 5.74) is 26.9. The molecule has 13 N–H and O–H groups in total. The number of carboxylic acid groups (broad SMARTS) is 1. The highest BCUT2D eigenvalue weighted by atomic mass is 16.4. The van der Waals surface area contributed by atoms with Gasteiger partial charge in [-0.3, -0.25) is 19.6 Å². The van der Waals surface area contributed by atoms with Gasteiger partial charge in [-0.05, 0) is 31.6 Å². The second kappa shape index (κ2) is 14.8. The number of hydrogen-bond acceptors (Lipinski definition) is 6. The van der Waals surface area contributed by atoms with E-state index < -0.39 is 35.9 Å². The lowest BCUT2D eigenvalue weighted by molar-refractivity contribution is -0.142. The van der Waals surface area contributed by atoms with Gasteiger partial charge in [0.05, 0.1) is 6.04 Å². The Morgan fingerprint density at radius 1 is 0.903 bits per heavy atom. The van der Waals surface area contributed by atoms with Crippen LogP contribution >= 0.6 is 0 Å². The first-order chi connectivity index (χ1) is 14.5. The Hall–Kier alpha value is -3.09. The molecule has 0 aliphatic carbocycles. The van der Waals surface area contributed by atoms with Crippen molar-refractivity contribution in [2.24, 2.45) is 44.6 Å². The lowest BCUT2D eigenvalue weighted by Gasteiger charge is -2.26. The lowest BCUT2D eigenvalue weighted by atomic mass is 9.97. The van der Waals surface area contributed by atoms with E-state index in [9.17, 15) is 19.5 Å². The van der Waals surface area contributed by atoms with Crippen LogP contribution in [0.25, 0.3) is 0 Å². The summed E-state index contributed by atoms with van der Waals surface area (Å²) < 4.78 is 0. The van der Waals surface area contributed by atoms with Gasteiger partial charge >= 0.3 is 5.97 Å². The van der Waals surface area contributed by atoms with Gasteiger partial charge in [0.15, 0.2) is 11.9 Å². The molecular formula is C18H37N9O4. The van der Waals surface area contributed by atoms with Gasteiger partial charge in [-0.2, -0.15) is 0 Å². The number of carbonyl (C=O) groups is 3. The van der Waals surface area contributed by atoms with Crippen LogP contribution in [0.5, 0.6) is 0 Å². The van der Waals surface area contributed by atoms with Gasteiger partial charge in [0.1, 0.15) is 12.1 Å². The third kappa shape index (κ3) is 12.3. The zero-order chi connectivity index (χ0) is 24.0. The zero-order valence-corrected chi connectivity index (χ0v) is 18.2. The van der Waals surface area contributed by atoms with E-state index in [0.717, 1.165) is 0 Å². The summed E-state index contributed by atoms with van der Waals surface area (Å²) in [6, 6.07) is -2.93. The molecule has 31 heavy (non-hydrogen) atoms. The highest BCUT2D eigenvalue weighted by molar-refractivity contribution is 5.92. The minimum absolute atomic E-state index is 0.0437. The second-order valence-electron chi connectivity index (χ2n) is 7.28. The Bertz CT molecular complexity index is 646. The predicted molar refractivity (Wildman–Crippen MR) is 119 cm³/mol. The number of nitrogens with two attached hydrogens (primary N) is 5. The highest BCUT2D eigenvalue weighted by Gasteiger charge is 2.30. The molecule has 0 unspecified atom stereocenters. The molecule has 0 saturated heterocycles. The summed E-state index contributed by atoms with van der Waals surface area (Å²) in [6.45, 7) is 4.21. The molecule has 0 aromatic rings. The minimum Gasteiger partial charge on any atom is -0.480 e. The Morgan fingerprint density at radius 2 is 1.42 bits per heavy atom. The Labute approximate surface area is 182 Å². The van der Waals surface area contributed by atoms with Crippen molar-refractivity contribution in [1.82, 2.24) is 10.6 Å². The molecule has 0 radical (unpaired) electrons. The van der Waals surface area contributed by atoms with E-state index in [1.165, 1.54) is 0 Å². The smallest absolute Gasteiger partial charge is 0.326 e. The largest absolute Gasteiger partial charge is 0.480 e. The van der Waals surface area contributed by atoms with Gasteiger partial charge in [0.25, 0.3) is 0 Å². The van der Waals surface area contributed by atoms with Crippen LogP contribution < -0.4 is 39.3 Å². The van der Waals surface area contributed by atoms with E-state index in [4.69, 9.17) is 28.7 Å². The maximum Gasteiger partial charge on any atom is 0.326 e. The number of guanidine groups is 2. The highest BCUT2D eigenvalue weighted by Crippen LogP contribution is 2.10. The van der Waals surface area contributed by atoms with Crippen molar-refractivity contribution in [2.45, 2.75) is 64.1 Å². The number of amides is 2. The number of nitrogens with one attached hydrogen (secondary N) is 2. The van der Waals surface area contributed by atoms with Gasteiger partial charge in [-0.25, -0.2) is 4.79 Å². The SMILES string of the molecule is CC[C@H](C)[C@H](NC(=O)[C@@H](N)CCCN=C(N)N)C(=O)N[C@@H](CCCN=C(N)N)C(=O)O. The van der Waals surface area contributed by atoms with Gasteiger partial charge in [-0.1, -0.05) is 20.3 Å². The van der Waals surface area contributed by atoms with E-state index in [0.29, 0.717) is 32.2 Å². The average Bonchev–Trinajstić information content (AvgIpc) is 2.69. The molecule has 4 atom stereocenters. The predicted octanol–water partition coefficient (Wildman–Crippen LogP) is -2.48. The summed E-state index contributed by atoms with van der Waals surface area (Å²) in [5, 5.41) is 14.5. The number of nitrogens with zero attached hydrogens (tertiary/aromatic N) is 2. The van der Waals surface area contributed by atoms with Crippen molar-refractivity contribution in [3.63, 3.8) is 0 Å². The van der Waals surface area contributed by atoms with Crippen LogP contribution in [0.2, 0.25) is 0 Å². The quantitative estimate of drug-likeness (QED) is 0.0756. The molecule has 0 saturated carbocycles. The normalized spacial score (nSPS) is 14.4. The van der Waals surface area contributed by atoms with Gasteiger partial charge in [0, 0.05) is 13.1 Å². The van der Waals surface area contributed by atoms with Crippen molar-refractivity contribution in [3.8, 4) is 0 Å². The molecule has 13 heteroatoms. The van der Waals surface area contributed by atoms with Crippen molar-refractivity contribution in [3.05, 3.63) is 0 Å². The summed E-state index contributed by atoms with van der Waals surface area (Å²) in [7, 11) is 0. The monoisotopic (exact) mass is 443 g/mol. The van der Waals surface area contributed by atoms with Crippen LogP contribution in [0.15, 0.2) is 9.98 Å². The molecular weight excluding hydrogens is 406 g/mol. The summed E-state index contributed by atoms with van der Waals surface area (Å²) in [5.74, 6) is -2.67. The summed E-state index contributed by atoms with van der Waals surface area (Å²) in [6.07, 6.45) is 1.88. The fraction of sp³-hybridized carbons (Fsp3) is 0.722. The third-order valence-corrected chi connectivity index (χ3v) is 4.66. The fourth-order valence-corrected chi connectivity index (χ4v) is 2.64. The van der Waals surface area contributed by atoms with E-state index in [1.807, 2.05) is 6.92 Å². The number of aliphatic carboxylic acids is 1. The Morgan fingerprint density at radius 3 is 1.87 bits per heavy atom. The van der Waals surface area contributed by atoms with Crippen molar-refractivity contribution in [2.75, 3.05) is 13.1 Å². The number of hydrogen-bond donors (Lipinski definition) is 8. The summed E-state index contributed by atoms with van der Waals surface area (Å²) >= 11 is 0. The minimum atomic E-state index is -1.19. The van der Waals surface area contributed by atoms with Crippen LogP contribution in [0.1, 0.15) is 46.0 Å². The molecule has 13 nitrogen and oxygen atoms in total. The van der Waals surface area contributed by atoms with Crippen LogP contribution in [0, 0.1) is 5.92 Å². The zero-order valence-electron chi connectivity index (χ0n) is 18.2. The standard InChI is InChI=1S/C18H37N9O4/c1-3-10(2)13(27-14(28)11(19)6-4-8-24-17(20)21)15(29)26-12(16(30)31)7-5-9-25-18(22)23/h10-13H,3-9,19H2,1-2H3,(H,26,29)(H,27,28)(H,30,31)(H4,20,21,24)(H4,22,23,25)/t10-,11-,12-,13-/m0/s1. The van der Waals surface area contributed by atoms with E-state index in [-0.39, 0.29) is 30.8 Å². The van der Waals surface area contributed by atoms with Crippen molar-refractivity contribution >= 4 is 29.7 Å². The van der Waals surface area contributed by atoms with Crippen LogP contribution in [-0.2, 0) is 14.4 Å². The molecule has 0 fully saturated rings. The van der Waals surface area contributed by atoms with E-state index in [2.05, 4.69) is 20.6 Å². The first-order valence-corrected chi connectivity index (χ1v) is 10.2. The van der Waals surface area contributed by atoms with E-state index in [1.54, 1.807) is 6.92 Å². The number of rotatable bonds is 15. The van der Waals surface area contributed by atoms with Gasteiger partial charge in [-0.15, -0.1) is 0 Å². The molecule has 0 aliphatic rings. The molecule has 0 heterocycles. The lowest BCUT2D eigenvalue weighted by Crippen LogP contribution is -2.56. The number of carboxylic acids is 1. The topological polar surface area (TPSA) is 250 Å². The Kier molecular flexibility index (Phi) is 13.3. The molecule has 178 valence electrons. The first-order valence-electron chi connectivity index (χ1n) is 10.2. The molecule has 0 aromatic heterocycles. The van der Waals surface area contributed by atoms with Crippen LogP contribution in [-0.4, -0.2) is 66.0 Å². The average molecular weight is 444 g/mol. The first kappa shape index (κ1) is 27.9. The summed E-state index contributed by atoms with van der Waals surface area (Å²) in [4.78, 5) is 44.3. The second-order valence-corrected chi connectivity index (χ2v) is 7.28. The fourth-order valence-electron chi connectivity index (χ4n) is 2.64. The molecule has 0 aliphatic heterocycles. The van der Waals surface area contributed by atoms with E-state index >= 15 is 0 Å². The third-order valence-electron chi connectivity index (χ3n) is 4.66. The molecule has 0 spiro atoms. The maximum atomic E-state index is 12.7. The number of aliphatic imine (C=N–C) groups is 2. The van der Waals surface area contributed by atoms with Crippen molar-refractivity contribution in [1.29, 1.82) is 0 Å². The maximum absolute atomic E-state index is 12.7. The molecule has 0 rings (SSSR count).